The number of phenolic OH excluding ortho intramolecular Hbond substituents is 1. The Labute approximate surface area is 243 Å². The largest absolute Gasteiger partial charge is 0.506 e. The third-order valence-electron chi connectivity index (χ3n) is 7.11. The average molecular weight is 572 g/mol. The molecule has 0 radical (unpaired) electrons. The molecular formula is C33H33NO8. The second-order valence-corrected chi connectivity index (χ2v) is 10.8. The fraction of sp³-hybridized carbons (Fsp3) is 0.273. The van der Waals surface area contributed by atoms with Crippen LogP contribution in [0.5, 0.6) is 28.7 Å². The zero-order chi connectivity index (χ0) is 30.3. The smallest absolute Gasteiger partial charge is 0.419 e. The molecule has 1 amide bonds. The van der Waals surface area contributed by atoms with Gasteiger partial charge in [0.05, 0.1) is 30.9 Å². The summed E-state index contributed by atoms with van der Waals surface area (Å²) in [6.45, 7) is 7.64. The van der Waals surface area contributed by atoms with Gasteiger partial charge in [0.2, 0.25) is 5.43 Å². The third kappa shape index (κ3) is 5.02. The molecule has 1 aromatic heterocycles. The van der Waals surface area contributed by atoms with Gasteiger partial charge < -0.3 is 28.5 Å². The summed E-state index contributed by atoms with van der Waals surface area (Å²) in [5.41, 5.74) is 1.62. The molecular weight excluding hydrogens is 538 g/mol. The first-order chi connectivity index (χ1) is 20.0. The van der Waals surface area contributed by atoms with Gasteiger partial charge in [-0.15, -0.1) is 0 Å². The molecule has 1 aliphatic rings. The number of amides is 1. The lowest BCUT2D eigenvalue weighted by Gasteiger charge is -2.28. The minimum Gasteiger partial charge on any atom is -0.506 e. The maximum absolute atomic E-state index is 14.1. The number of fused-ring (bicyclic) bond motifs is 3. The number of carbonyl (C=O) groups excluding carboxylic acids is 1. The number of rotatable bonds is 6. The van der Waals surface area contributed by atoms with E-state index >= 15 is 0 Å². The van der Waals surface area contributed by atoms with Crippen molar-refractivity contribution in [1.82, 2.24) is 0 Å². The van der Waals surface area contributed by atoms with Crippen LogP contribution in [0.3, 0.4) is 0 Å². The van der Waals surface area contributed by atoms with E-state index in [2.05, 4.69) is 0 Å². The van der Waals surface area contributed by atoms with Crippen LogP contribution in [0.2, 0.25) is 0 Å². The minimum absolute atomic E-state index is 0.0235. The van der Waals surface area contributed by atoms with E-state index in [1.807, 2.05) is 39.8 Å². The SMILES string of the molecule is COc1ccccc1N(C)C(=O)Oc1cc2oc3cc4c(c(O)c3c(=O)c2c(CC=C(C)C)c1OC)C=CC(C)(C)O4. The van der Waals surface area contributed by atoms with E-state index in [9.17, 15) is 14.7 Å². The van der Waals surface area contributed by atoms with Crippen molar-refractivity contribution >= 4 is 39.8 Å². The highest BCUT2D eigenvalue weighted by Crippen LogP contribution is 2.44. The number of hydrogen-bond acceptors (Lipinski definition) is 8. The zero-order valence-electron chi connectivity index (χ0n) is 24.7. The first-order valence-corrected chi connectivity index (χ1v) is 13.4. The molecule has 0 unspecified atom stereocenters. The van der Waals surface area contributed by atoms with Crippen molar-refractivity contribution in [3.63, 3.8) is 0 Å². The van der Waals surface area contributed by atoms with Crippen molar-refractivity contribution in [2.75, 3.05) is 26.2 Å². The summed E-state index contributed by atoms with van der Waals surface area (Å²) in [5.74, 6) is 0.923. The van der Waals surface area contributed by atoms with Crippen LogP contribution in [0.1, 0.15) is 38.8 Å². The molecule has 5 rings (SSSR count). The Bertz CT molecular complexity index is 1840. The predicted octanol–water partition coefficient (Wildman–Crippen LogP) is 7.00. The van der Waals surface area contributed by atoms with Crippen molar-refractivity contribution in [2.45, 2.75) is 39.7 Å². The number of anilines is 1. The van der Waals surface area contributed by atoms with E-state index in [0.717, 1.165) is 5.57 Å². The molecule has 0 saturated heterocycles. The minimum atomic E-state index is -0.706. The van der Waals surface area contributed by atoms with E-state index in [1.165, 1.54) is 25.2 Å². The highest BCUT2D eigenvalue weighted by molar-refractivity contribution is 6.00. The summed E-state index contributed by atoms with van der Waals surface area (Å²) in [7, 11) is 4.52. The van der Waals surface area contributed by atoms with Crippen molar-refractivity contribution in [3.8, 4) is 28.7 Å². The summed E-state index contributed by atoms with van der Waals surface area (Å²) in [4.78, 5) is 28.7. The summed E-state index contributed by atoms with van der Waals surface area (Å²) < 4.78 is 29.2. The molecule has 3 aromatic carbocycles. The number of ether oxygens (including phenoxy) is 4. The first kappa shape index (κ1) is 28.6. The number of methoxy groups -OCH3 is 2. The molecule has 0 spiro atoms. The third-order valence-corrected chi connectivity index (χ3v) is 7.11. The van der Waals surface area contributed by atoms with Crippen molar-refractivity contribution in [1.29, 1.82) is 0 Å². The van der Waals surface area contributed by atoms with Crippen molar-refractivity contribution < 1.29 is 33.3 Å². The quantitative estimate of drug-likeness (QED) is 0.195. The number of phenols is 1. The van der Waals surface area contributed by atoms with Gasteiger partial charge in [-0.1, -0.05) is 23.8 Å². The summed E-state index contributed by atoms with van der Waals surface area (Å²) in [6, 6.07) is 10.1. The van der Waals surface area contributed by atoms with E-state index < -0.39 is 17.1 Å². The highest BCUT2D eigenvalue weighted by Gasteiger charge is 2.29. The van der Waals surface area contributed by atoms with Crippen LogP contribution in [0.25, 0.3) is 28.0 Å². The van der Waals surface area contributed by atoms with E-state index in [4.69, 9.17) is 23.4 Å². The van der Waals surface area contributed by atoms with Gasteiger partial charge in [-0.25, -0.2) is 4.79 Å². The molecule has 0 atom stereocenters. The van der Waals surface area contributed by atoms with Gasteiger partial charge in [0.1, 0.15) is 39.4 Å². The fourth-order valence-corrected chi connectivity index (χ4v) is 4.99. The molecule has 42 heavy (non-hydrogen) atoms. The van der Waals surface area contributed by atoms with Gasteiger partial charge in [-0.3, -0.25) is 9.69 Å². The van der Waals surface area contributed by atoms with Gasteiger partial charge in [0, 0.05) is 24.7 Å². The Kier molecular flexibility index (Phi) is 7.36. The fourth-order valence-electron chi connectivity index (χ4n) is 4.99. The molecule has 4 aromatic rings. The molecule has 2 heterocycles. The second kappa shape index (κ2) is 10.8. The second-order valence-electron chi connectivity index (χ2n) is 10.8. The maximum Gasteiger partial charge on any atom is 0.419 e. The first-order valence-electron chi connectivity index (χ1n) is 13.4. The van der Waals surface area contributed by atoms with Crippen LogP contribution in [0, 0.1) is 0 Å². The Hall–Kier alpha value is -4.92. The van der Waals surface area contributed by atoms with E-state index in [1.54, 1.807) is 43.5 Å². The molecule has 0 bridgehead atoms. The normalized spacial score (nSPS) is 13.3. The molecule has 0 saturated carbocycles. The predicted molar refractivity (Wildman–Crippen MR) is 163 cm³/mol. The van der Waals surface area contributed by atoms with Crippen LogP contribution in [-0.2, 0) is 6.42 Å². The Morgan fingerprint density at radius 2 is 1.76 bits per heavy atom. The van der Waals surface area contributed by atoms with E-state index in [0.29, 0.717) is 28.3 Å². The number of carbonyl (C=O) groups is 1. The summed E-state index contributed by atoms with van der Waals surface area (Å²) in [5, 5.41) is 11.4. The molecule has 0 fully saturated rings. The Balaban J connectivity index is 1.73. The molecule has 1 N–H and O–H groups in total. The van der Waals surface area contributed by atoms with Crippen LogP contribution in [0.4, 0.5) is 10.5 Å². The number of hydrogen-bond donors (Lipinski definition) is 1. The standard InChI is InChI=1S/C33H33NO8/c1-18(2)12-13-20-27-24(40-25-16-23-19(14-15-33(3,4)42-23)29(35)28(25)30(27)36)17-26(31(20)39-7)41-32(37)34(5)21-10-8-9-11-22(21)38-6/h8-12,14-17,35H,13H2,1-7H3. The lowest BCUT2D eigenvalue weighted by molar-refractivity contribution is 0.158. The van der Waals surface area contributed by atoms with Gasteiger partial charge in [-0.2, -0.15) is 0 Å². The Morgan fingerprint density at radius 3 is 2.45 bits per heavy atom. The monoisotopic (exact) mass is 571 g/mol. The van der Waals surface area contributed by atoms with Crippen LogP contribution in [-0.4, -0.2) is 38.1 Å². The average Bonchev–Trinajstić information content (AvgIpc) is 2.94. The molecule has 9 nitrogen and oxygen atoms in total. The lowest BCUT2D eigenvalue weighted by atomic mass is 9.97. The molecule has 218 valence electrons. The molecule has 1 aliphatic heterocycles. The van der Waals surface area contributed by atoms with Gasteiger partial charge in [-0.05, 0) is 58.4 Å². The highest BCUT2D eigenvalue weighted by atomic mass is 16.6. The summed E-state index contributed by atoms with van der Waals surface area (Å²) in [6.07, 6.45) is 5.06. The van der Waals surface area contributed by atoms with Gasteiger partial charge in [0.25, 0.3) is 0 Å². The van der Waals surface area contributed by atoms with Crippen molar-refractivity contribution in [2.24, 2.45) is 0 Å². The topological polar surface area (TPSA) is 108 Å². The van der Waals surface area contributed by atoms with Gasteiger partial charge in [0.15, 0.2) is 11.5 Å². The lowest BCUT2D eigenvalue weighted by Crippen LogP contribution is -2.30. The van der Waals surface area contributed by atoms with Crippen LogP contribution < -0.4 is 29.3 Å². The van der Waals surface area contributed by atoms with Gasteiger partial charge >= 0.3 is 6.09 Å². The number of benzene rings is 3. The molecule has 9 heteroatoms. The van der Waals surface area contributed by atoms with Crippen LogP contribution in [0.15, 0.2) is 63.3 Å². The van der Waals surface area contributed by atoms with E-state index in [-0.39, 0.29) is 45.6 Å². The number of aromatic hydroxyl groups is 1. The number of para-hydroxylation sites is 2. The zero-order valence-corrected chi connectivity index (χ0v) is 24.7. The maximum atomic E-state index is 14.1. The van der Waals surface area contributed by atoms with Crippen LogP contribution >= 0.6 is 0 Å². The molecule has 0 aliphatic carbocycles. The Morgan fingerprint density at radius 1 is 1.05 bits per heavy atom. The van der Waals surface area contributed by atoms with Crippen molar-refractivity contribution in [3.05, 3.63) is 75.5 Å². The number of allylic oxidation sites excluding steroid dienone is 2. The number of nitrogens with zero attached hydrogens (tertiary/aromatic N) is 1. The summed E-state index contributed by atoms with van der Waals surface area (Å²) >= 11 is 0.